The number of nitrogens with zero attached hydrogens (tertiary/aromatic N) is 3. The van der Waals surface area contributed by atoms with Crippen LogP contribution in [0.15, 0.2) is 18.2 Å². The Morgan fingerprint density at radius 1 is 1.50 bits per heavy atom. The van der Waals surface area contributed by atoms with Gasteiger partial charge in [0, 0.05) is 0 Å². The molecule has 2 rings (SSSR count). The SMILES string of the molecule is Cc1cc(-n2[nH]nnc2=S)ccc1F. The average molecular weight is 210 g/mol. The summed E-state index contributed by atoms with van der Waals surface area (Å²) in [5.74, 6) is -0.243. The van der Waals surface area contributed by atoms with E-state index in [9.17, 15) is 4.39 Å². The summed E-state index contributed by atoms with van der Waals surface area (Å²) in [7, 11) is 0. The molecule has 14 heavy (non-hydrogen) atoms. The number of benzene rings is 1. The van der Waals surface area contributed by atoms with Gasteiger partial charge in [0.1, 0.15) is 5.82 Å². The van der Waals surface area contributed by atoms with Crippen LogP contribution in [0.25, 0.3) is 5.69 Å². The minimum absolute atomic E-state index is 0.243. The van der Waals surface area contributed by atoms with Gasteiger partial charge in [-0.25, -0.2) is 9.07 Å². The monoisotopic (exact) mass is 210 g/mol. The number of H-pyrrole nitrogens is 1. The number of aromatic amines is 1. The molecule has 1 N–H and O–H groups in total. The van der Waals surface area contributed by atoms with Crippen molar-refractivity contribution in [2.45, 2.75) is 6.92 Å². The molecule has 2 aromatic rings. The number of hydrogen-bond acceptors (Lipinski definition) is 3. The van der Waals surface area contributed by atoms with Gasteiger partial charge in [0.2, 0.25) is 4.77 Å². The van der Waals surface area contributed by atoms with Crippen LogP contribution in [0.4, 0.5) is 4.39 Å². The number of tetrazole rings is 1. The topological polar surface area (TPSA) is 46.5 Å². The zero-order valence-corrected chi connectivity index (χ0v) is 8.18. The first-order chi connectivity index (χ1) is 6.68. The molecular formula is C8H7FN4S. The second-order valence-electron chi connectivity index (χ2n) is 2.85. The number of aromatic nitrogens is 4. The van der Waals surface area contributed by atoms with E-state index in [1.165, 1.54) is 10.7 Å². The molecule has 0 saturated carbocycles. The lowest BCUT2D eigenvalue weighted by Gasteiger charge is -2.02. The Kier molecular flexibility index (Phi) is 2.12. The van der Waals surface area contributed by atoms with Gasteiger partial charge >= 0.3 is 0 Å². The normalized spacial score (nSPS) is 10.4. The number of rotatable bonds is 1. The molecule has 0 bridgehead atoms. The highest BCUT2D eigenvalue weighted by atomic mass is 32.1. The van der Waals surface area contributed by atoms with Crippen LogP contribution in [0.3, 0.4) is 0 Å². The number of aryl methyl sites for hydroxylation is 1. The third-order valence-electron chi connectivity index (χ3n) is 1.87. The van der Waals surface area contributed by atoms with Crippen LogP contribution < -0.4 is 0 Å². The van der Waals surface area contributed by atoms with Crippen LogP contribution in [0.5, 0.6) is 0 Å². The third kappa shape index (κ3) is 1.44. The maximum atomic E-state index is 13.0. The Morgan fingerprint density at radius 2 is 2.29 bits per heavy atom. The Hall–Kier alpha value is -1.56. The third-order valence-corrected chi connectivity index (χ3v) is 2.14. The van der Waals surface area contributed by atoms with E-state index < -0.39 is 0 Å². The molecule has 0 fully saturated rings. The van der Waals surface area contributed by atoms with E-state index >= 15 is 0 Å². The van der Waals surface area contributed by atoms with Crippen molar-refractivity contribution in [3.05, 3.63) is 34.4 Å². The molecule has 6 heteroatoms. The molecule has 1 aromatic carbocycles. The first-order valence-corrected chi connectivity index (χ1v) is 4.36. The second kappa shape index (κ2) is 3.30. The minimum atomic E-state index is -0.243. The Labute approximate surface area is 84.4 Å². The Bertz CT molecular complexity index is 516. The zero-order chi connectivity index (χ0) is 10.1. The fourth-order valence-corrected chi connectivity index (χ4v) is 1.32. The number of nitrogens with one attached hydrogen (secondary N) is 1. The zero-order valence-electron chi connectivity index (χ0n) is 7.36. The molecule has 0 saturated heterocycles. The molecule has 0 amide bonds. The van der Waals surface area contributed by atoms with E-state index in [-0.39, 0.29) is 5.82 Å². The molecule has 1 aromatic heterocycles. The Balaban J connectivity index is 2.59. The summed E-state index contributed by atoms with van der Waals surface area (Å²) in [5.41, 5.74) is 1.28. The van der Waals surface area contributed by atoms with E-state index in [1.54, 1.807) is 19.1 Å². The molecule has 0 unspecified atom stereocenters. The molecule has 4 nitrogen and oxygen atoms in total. The van der Waals surface area contributed by atoms with E-state index in [2.05, 4.69) is 15.5 Å². The van der Waals surface area contributed by atoms with Crippen LogP contribution in [0.2, 0.25) is 0 Å². The molecule has 0 atom stereocenters. The first kappa shape index (κ1) is 9.01. The van der Waals surface area contributed by atoms with Crippen LogP contribution in [0.1, 0.15) is 5.56 Å². The van der Waals surface area contributed by atoms with Crippen molar-refractivity contribution in [1.82, 2.24) is 20.2 Å². The van der Waals surface area contributed by atoms with Crippen molar-refractivity contribution in [2.24, 2.45) is 0 Å². The van der Waals surface area contributed by atoms with Crippen LogP contribution >= 0.6 is 12.2 Å². The van der Waals surface area contributed by atoms with Crippen LogP contribution in [0, 0.1) is 17.5 Å². The molecule has 1 heterocycles. The van der Waals surface area contributed by atoms with Gasteiger partial charge in [-0.2, -0.15) is 5.21 Å². The van der Waals surface area contributed by atoms with Crippen LogP contribution in [-0.2, 0) is 0 Å². The highest BCUT2D eigenvalue weighted by molar-refractivity contribution is 7.71. The summed E-state index contributed by atoms with van der Waals surface area (Å²) >= 11 is 4.91. The summed E-state index contributed by atoms with van der Waals surface area (Å²) in [5, 5.41) is 9.76. The van der Waals surface area contributed by atoms with E-state index in [4.69, 9.17) is 12.2 Å². The fourth-order valence-electron chi connectivity index (χ4n) is 1.13. The fraction of sp³-hybridized carbons (Fsp3) is 0.125. The van der Waals surface area contributed by atoms with E-state index in [1.807, 2.05) is 0 Å². The van der Waals surface area contributed by atoms with Crippen molar-refractivity contribution in [3.63, 3.8) is 0 Å². The van der Waals surface area contributed by atoms with Gasteiger partial charge in [0.05, 0.1) is 5.69 Å². The van der Waals surface area contributed by atoms with Crippen molar-refractivity contribution in [3.8, 4) is 5.69 Å². The van der Waals surface area contributed by atoms with Gasteiger partial charge in [-0.15, -0.1) is 0 Å². The number of halogens is 1. The second-order valence-corrected chi connectivity index (χ2v) is 3.22. The van der Waals surface area contributed by atoms with Crippen molar-refractivity contribution in [2.75, 3.05) is 0 Å². The molecule has 0 aliphatic carbocycles. The predicted molar refractivity (Wildman–Crippen MR) is 51.2 cm³/mol. The number of hydrogen-bond donors (Lipinski definition) is 1. The molecule has 72 valence electrons. The van der Waals surface area contributed by atoms with E-state index in [0.29, 0.717) is 10.3 Å². The van der Waals surface area contributed by atoms with E-state index in [0.717, 1.165) is 5.69 Å². The first-order valence-electron chi connectivity index (χ1n) is 3.95. The minimum Gasteiger partial charge on any atom is -0.210 e. The average Bonchev–Trinajstić information content (AvgIpc) is 2.57. The van der Waals surface area contributed by atoms with Gasteiger partial charge in [0.15, 0.2) is 0 Å². The Morgan fingerprint density at radius 3 is 2.86 bits per heavy atom. The maximum Gasteiger partial charge on any atom is 0.242 e. The molecule has 0 aliphatic heterocycles. The lowest BCUT2D eigenvalue weighted by molar-refractivity contribution is 0.617. The predicted octanol–water partition coefficient (Wildman–Crippen LogP) is 1.77. The molecule has 0 radical (unpaired) electrons. The largest absolute Gasteiger partial charge is 0.242 e. The highest BCUT2D eigenvalue weighted by Crippen LogP contribution is 2.12. The van der Waals surface area contributed by atoms with Crippen molar-refractivity contribution in [1.29, 1.82) is 0 Å². The maximum absolute atomic E-state index is 13.0. The summed E-state index contributed by atoms with van der Waals surface area (Å²) in [6.07, 6.45) is 0. The smallest absolute Gasteiger partial charge is 0.210 e. The summed E-state index contributed by atoms with van der Waals surface area (Å²) in [6, 6.07) is 4.66. The lowest BCUT2D eigenvalue weighted by atomic mass is 10.2. The molecule has 0 spiro atoms. The van der Waals surface area contributed by atoms with Crippen molar-refractivity contribution < 1.29 is 4.39 Å². The quantitative estimate of drug-likeness (QED) is 0.730. The van der Waals surface area contributed by atoms with Crippen molar-refractivity contribution >= 4 is 12.2 Å². The molecular weight excluding hydrogens is 203 g/mol. The standard InChI is InChI=1S/C8H7FN4S/c1-5-4-6(2-3-7(5)9)13-8(14)10-11-12-13/h2-4H,1H3,(H,10,12,14). The van der Waals surface area contributed by atoms with Gasteiger partial charge in [-0.05, 0) is 42.9 Å². The lowest BCUT2D eigenvalue weighted by Crippen LogP contribution is -1.98. The summed E-state index contributed by atoms with van der Waals surface area (Å²) < 4.78 is 14.8. The van der Waals surface area contributed by atoms with Gasteiger partial charge in [-0.3, -0.25) is 0 Å². The van der Waals surface area contributed by atoms with Crippen LogP contribution in [-0.4, -0.2) is 20.2 Å². The summed E-state index contributed by atoms with van der Waals surface area (Å²) in [4.78, 5) is 0. The van der Waals surface area contributed by atoms with Gasteiger partial charge in [0.25, 0.3) is 0 Å². The van der Waals surface area contributed by atoms with Gasteiger partial charge < -0.3 is 0 Å². The molecule has 0 aliphatic rings. The van der Waals surface area contributed by atoms with Gasteiger partial charge in [-0.1, -0.05) is 10.3 Å². The summed E-state index contributed by atoms with van der Waals surface area (Å²) in [6.45, 7) is 1.69. The highest BCUT2D eigenvalue weighted by Gasteiger charge is 2.02.